The van der Waals surface area contributed by atoms with Crippen LogP contribution in [0.4, 0.5) is 8.78 Å². The molecule has 5 heteroatoms. The second-order valence-electron chi connectivity index (χ2n) is 7.41. The Hall–Kier alpha value is -2.82. The van der Waals surface area contributed by atoms with Gasteiger partial charge in [-0.3, -0.25) is 9.98 Å². The van der Waals surface area contributed by atoms with Crippen molar-refractivity contribution in [3.8, 4) is 5.75 Å². The smallest absolute Gasteiger partial charge is 0.165 e. The number of aromatic nitrogens is 1. The molecule has 0 radical (unpaired) electrons. The molecule has 0 spiro atoms. The quantitative estimate of drug-likeness (QED) is 0.592. The van der Waals surface area contributed by atoms with Crippen LogP contribution in [0, 0.1) is 18.6 Å². The summed E-state index contributed by atoms with van der Waals surface area (Å²) in [7, 11) is 0. The first-order chi connectivity index (χ1) is 12.8. The molecule has 0 bridgehead atoms. The highest BCUT2D eigenvalue weighted by Gasteiger charge is 2.34. The Bertz CT molecular complexity index is 1090. The molecular weight excluding hydrogens is 346 g/mol. The molecule has 3 nitrogen and oxygen atoms in total. The van der Waals surface area contributed by atoms with Gasteiger partial charge in [0, 0.05) is 22.7 Å². The summed E-state index contributed by atoms with van der Waals surface area (Å²) in [5.74, 6) is -0.613. The third-order valence-electron chi connectivity index (χ3n) is 5.29. The lowest BCUT2D eigenvalue weighted by atomic mass is 9.96. The summed E-state index contributed by atoms with van der Waals surface area (Å²) < 4.78 is 34.7. The van der Waals surface area contributed by atoms with Crippen LogP contribution in [0.25, 0.3) is 10.9 Å². The second kappa shape index (κ2) is 6.12. The van der Waals surface area contributed by atoms with Gasteiger partial charge in [0.05, 0.1) is 11.8 Å². The lowest BCUT2D eigenvalue weighted by Gasteiger charge is -2.28. The molecule has 0 N–H and O–H groups in total. The summed E-state index contributed by atoms with van der Waals surface area (Å²) in [5.41, 5.74) is 2.42. The Morgan fingerprint density at radius 3 is 2.48 bits per heavy atom. The van der Waals surface area contributed by atoms with Crippen molar-refractivity contribution in [3.05, 3.63) is 70.9 Å². The maximum Gasteiger partial charge on any atom is 0.165 e. The molecule has 0 aliphatic carbocycles. The van der Waals surface area contributed by atoms with Gasteiger partial charge in [-0.1, -0.05) is 18.2 Å². The third kappa shape index (κ3) is 2.78. The minimum atomic E-state index is -0.678. The molecule has 3 aromatic rings. The van der Waals surface area contributed by atoms with E-state index in [2.05, 4.69) is 4.98 Å². The molecule has 138 valence electrons. The van der Waals surface area contributed by atoms with Crippen LogP contribution in [0.2, 0.25) is 0 Å². The van der Waals surface area contributed by atoms with Gasteiger partial charge < -0.3 is 4.74 Å². The van der Waals surface area contributed by atoms with Crippen molar-refractivity contribution in [2.24, 2.45) is 4.99 Å². The fourth-order valence-electron chi connectivity index (χ4n) is 3.34. The molecule has 1 atom stereocenters. The first-order valence-corrected chi connectivity index (χ1v) is 8.89. The first kappa shape index (κ1) is 17.6. The summed E-state index contributed by atoms with van der Waals surface area (Å²) >= 11 is 0. The highest BCUT2D eigenvalue weighted by Crippen LogP contribution is 2.36. The molecule has 27 heavy (non-hydrogen) atoms. The number of para-hydroxylation sites is 2. The Balaban J connectivity index is 2.02. The number of benzene rings is 2. The van der Waals surface area contributed by atoms with Gasteiger partial charge in [0.15, 0.2) is 11.6 Å². The van der Waals surface area contributed by atoms with Crippen molar-refractivity contribution < 1.29 is 13.5 Å². The largest absolute Gasteiger partial charge is 0.482 e. The average Bonchev–Trinajstić information content (AvgIpc) is 2.72. The van der Waals surface area contributed by atoms with Gasteiger partial charge in [0.1, 0.15) is 16.9 Å². The number of ether oxygens (including phenoxy) is 1. The van der Waals surface area contributed by atoms with E-state index in [1.54, 1.807) is 24.4 Å². The van der Waals surface area contributed by atoms with Crippen LogP contribution in [-0.2, 0) is 0 Å². The molecule has 2 aromatic carbocycles. The molecule has 1 aliphatic rings. The van der Waals surface area contributed by atoms with Gasteiger partial charge in [-0.15, -0.1) is 0 Å². The maximum absolute atomic E-state index is 14.6. The van der Waals surface area contributed by atoms with Crippen LogP contribution in [0.3, 0.4) is 0 Å². The van der Waals surface area contributed by atoms with Crippen molar-refractivity contribution in [3.63, 3.8) is 0 Å². The SMILES string of the molecule is Cc1c(C2=N[C@@H](C)C(C)(C)Oc3c(F)cccc32)cnc2c(F)cccc12. The van der Waals surface area contributed by atoms with Crippen molar-refractivity contribution in [2.45, 2.75) is 39.3 Å². The molecule has 0 saturated heterocycles. The summed E-state index contributed by atoms with van der Waals surface area (Å²) in [4.78, 5) is 9.18. The van der Waals surface area contributed by atoms with E-state index in [9.17, 15) is 8.78 Å². The number of aliphatic imine (C=N–C) groups is 1. The van der Waals surface area contributed by atoms with Crippen molar-refractivity contribution >= 4 is 16.6 Å². The first-order valence-electron chi connectivity index (χ1n) is 8.89. The topological polar surface area (TPSA) is 34.5 Å². The standard InChI is InChI=1S/C22H20F2N2O/c1-12-14-7-5-9-17(23)20(14)25-11-16(12)19-15-8-6-10-18(24)21(15)27-22(3,4)13(2)26-19/h5-11,13H,1-4H3/t13-/m0/s1. The Labute approximate surface area is 156 Å². The molecule has 1 aromatic heterocycles. The molecule has 0 saturated carbocycles. The predicted molar refractivity (Wildman–Crippen MR) is 103 cm³/mol. The van der Waals surface area contributed by atoms with Gasteiger partial charge in [-0.2, -0.15) is 0 Å². The molecule has 0 unspecified atom stereocenters. The number of rotatable bonds is 1. The highest BCUT2D eigenvalue weighted by molar-refractivity contribution is 6.16. The third-order valence-corrected chi connectivity index (χ3v) is 5.29. The number of aryl methyl sites for hydroxylation is 1. The van der Waals surface area contributed by atoms with E-state index in [4.69, 9.17) is 9.73 Å². The number of hydrogen-bond acceptors (Lipinski definition) is 3. The van der Waals surface area contributed by atoms with Gasteiger partial charge in [-0.25, -0.2) is 8.78 Å². The number of halogens is 2. The molecular formula is C22H20F2N2O. The summed E-state index contributed by atoms with van der Waals surface area (Å²) in [5, 5.41) is 0.713. The lowest BCUT2D eigenvalue weighted by Crippen LogP contribution is -2.38. The average molecular weight is 366 g/mol. The zero-order valence-electron chi connectivity index (χ0n) is 15.7. The van der Waals surface area contributed by atoms with Crippen molar-refractivity contribution in [1.82, 2.24) is 4.98 Å². The molecule has 0 amide bonds. The Kier molecular flexibility index (Phi) is 3.98. The number of nitrogens with zero attached hydrogens (tertiary/aromatic N) is 2. The minimum Gasteiger partial charge on any atom is -0.482 e. The molecule has 1 aliphatic heterocycles. The van der Waals surface area contributed by atoms with Gasteiger partial charge in [0.25, 0.3) is 0 Å². The van der Waals surface area contributed by atoms with Gasteiger partial charge in [-0.05, 0) is 51.5 Å². The molecule has 4 rings (SSSR count). The Morgan fingerprint density at radius 2 is 1.70 bits per heavy atom. The van der Waals surface area contributed by atoms with Crippen LogP contribution >= 0.6 is 0 Å². The van der Waals surface area contributed by atoms with Crippen LogP contribution in [-0.4, -0.2) is 22.3 Å². The number of pyridine rings is 1. The summed E-state index contributed by atoms with van der Waals surface area (Å²) in [6.45, 7) is 7.62. The normalized spacial score (nSPS) is 18.4. The fourth-order valence-corrected chi connectivity index (χ4v) is 3.34. The fraction of sp³-hybridized carbons (Fsp3) is 0.273. The monoisotopic (exact) mass is 366 g/mol. The zero-order chi connectivity index (χ0) is 19.3. The summed E-state index contributed by atoms with van der Waals surface area (Å²) in [6.07, 6.45) is 1.61. The Morgan fingerprint density at radius 1 is 1.00 bits per heavy atom. The van der Waals surface area contributed by atoms with E-state index in [-0.39, 0.29) is 17.6 Å². The van der Waals surface area contributed by atoms with E-state index in [0.717, 1.165) is 11.1 Å². The van der Waals surface area contributed by atoms with Crippen molar-refractivity contribution in [2.75, 3.05) is 0 Å². The highest BCUT2D eigenvalue weighted by atomic mass is 19.1. The number of hydrogen-bond donors (Lipinski definition) is 0. The molecule has 2 heterocycles. The van der Waals surface area contributed by atoms with Crippen LogP contribution < -0.4 is 4.74 Å². The maximum atomic E-state index is 14.6. The van der Waals surface area contributed by atoms with Gasteiger partial charge >= 0.3 is 0 Å². The van der Waals surface area contributed by atoms with Crippen molar-refractivity contribution in [1.29, 1.82) is 0 Å². The second-order valence-corrected chi connectivity index (χ2v) is 7.41. The van der Waals surface area contributed by atoms with Crippen LogP contribution in [0.15, 0.2) is 47.6 Å². The van der Waals surface area contributed by atoms with E-state index in [1.165, 1.54) is 12.1 Å². The van der Waals surface area contributed by atoms with E-state index >= 15 is 0 Å². The zero-order valence-corrected chi connectivity index (χ0v) is 15.7. The van der Waals surface area contributed by atoms with E-state index in [1.807, 2.05) is 33.8 Å². The lowest BCUT2D eigenvalue weighted by molar-refractivity contribution is 0.0840. The molecule has 0 fully saturated rings. The van der Waals surface area contributed by atoms with Crippen LogP contribution in [0.1, 0.15) is 37.5 Å². The van der Waals surface area contributed by atoms with E-state index < -0.39 is 11.4 Å². The van der Waals surface area contributed by atoms with Crippen LogP contribution in [0.5, 0.6) is 5.75 Å². The number of fused-ring (bicyclic) bond motifs is 2. The predicted octanol–water partition coefficient (Wildman–Crippen LogP) is 5.22. The van der Waals surface area contributed by atoms with E-state index in [0.29, 0.717) is 22.2 Å². The summed E-state index contributed by atoms with van der Waals surface area (Å²) in [6, 6.07) is 9.47. The minimum absolute atomic E-state index is 0.185. The van der Waals surface area contributed by atoms with Gasteiger partial charge in [0.2, 0.25) is 0 Å².